The van der Waals surface area contributed by atoms with Crippen LogP contribution < -0.4 is 0 Å². The van der Waals surface area contributed by atoms with Crippen molar-refractivity contribution in [2.24, 2.45) is 0 Å². The van der Waals surface area contributed by atoms with E-state index in [1.807, 2.05) is 6.92 Å². The molecular weight excluding hydrogens is 313 g/mol. The van der Waals surface area contributed by atoms with Gasteiger partial charge in [-0.25, -0.2) is 0 Å². The van der Waals surface area contributed by atoms with Crippen LogP contribution in [0.2, 0.25) is 10.0 Å². The van der Waals surface area contributed by atoms with Gasteiger partial charge in [-0.15, -0.1) is 0 Å². The molecule has 1 N–H and O–H groups in total. The summed E-state index contributed by atoms with van der Waals surface area (Å²) >= 11 is 11.9. The van der Waals surface area contributed by atoms with Crippen molar-refractivity contribution < 1.29 is 14.7 Å². The molecule has 6 heteroatoms. The predicted molar refractivity (Wildman–Crippen MR) is 83.9 cm³/mol. The third kappa shape index (κ3) is 5.56. The summed E-state index contributed by atoms with van der Waals surface area (Å²) in [6, 6.07) is 4.86. The fourth-order valence-electron chi connectivity index (χ4n) is 2.21. The van der Waals surface area contributed by atoms with Gasteiger partial charge in [0.2, 0.25) is 5.91 Å². The monoisotopic (exact) mass is 331 g/mol. The minimum absolute atomic E-state index is 0.0543. The molecule has 0 aromatic heterocycles. The minimum atomic E-state index is -0.908. The maximum absolute atomic E-state index is 12.2. The van der Waals surface area contributed by atoms with Crippen LogP contribution in [0.1, 0.15) is 32.3 Å². The van der Waals surface area contributed by atoms with Gasteiger partial charge in [-0.3, -0.25) is 9.59 Å². The zero-order valence-corrected chi connectivity index (χ0v) is 13.6. The lowest BCUT2D eigenvalue weighted by Crippen LogP contribution is -2.39. The molecule has 1 aromatic rings. The van der Waals surface area contributed by atoms with Crippen molar-refractivity contribution in [2.75, 3.05) is 6.54 Å². The number of carboxylic acids is 1. The molecule has 0 fully saturated rings. The molecule has 116 valence electrons. The summed E-state index contributed by atoms with van der Waals surface area (Å²) in [5.74, 6) is -0.980. The zero-order valence-electron chi connectivity index (χ0n) is 12.1. The van der Waals surface area contributed by atoms with Gasteiger partial charge in [0.05, 0.1) is 6.42 Å². The van der Waals surface area contributed by atoms with E-state index >= 15 is 0 Å². The fourth-order valence-corrected chi connectivity index (χ4v) is 2.71. The largest absolute Gasteiger partial charge is 0.481 e. The van der Waals surface area contributed by atoms with Crippen molar-refractivity contribution in [2.45, 2.75) is 39.2 Å². The predicted octanol–water partition coefficient (Wildman–Crippen LogP) is 3.64. The smallest absolute Gasteiger partial charge is 0.305 e. The van der Waals surface area contributed by atoms with Crippen molar-refractivity contribution in [3.05, 3.63) is 33.8 Å². The maximum atomic E-state index is 12.2. The van der Waals surface area contributed by atoms with E-state index in [1.54, 1.807) is 30.0 Å². The third-order valence-electron chi connectivity index (χ3n) is 3.29. The van der Waals surface area contributed by atoms with Crippen LogP contribution in [0.3, 0.4) is 0 Å². The van der Waals surface area contributed by atoms with Crippen LogP contribution in [-0.2, 0) is 16.0 Å². The van der Waals surface area contributed by atoms with Crippen LogP contribution in [0.15, 0.2) is 18.2 Å². The molecule has 1 amide bonds. The molecule has 0 aliphatic heterocycles. The lowest BCUT2D eigenvalue weighted by molar-refractivity contribution is -0.140. The van der Waals surface area contributed by atoms with E-state index in [0.717, 1.165) is 5.56 Å². The number of carbonyl (C=O) groups is 2. The van der Waals surface area contributed by atoms with E-state index in [1.165, 1.54) is 0 Å². The number of amides is 1. The number of nitrogens with zero attached hydrogens (tertiary/aromatic N) is 1. The Morgan fingerprint density at radius 2 is 2.00 bits per heavy atom. The number of benzene rings is 1. The lowest BCUT2D eigenvalue weighted by Gasteiger charge is -2.27. The van der Waals surface area contributed by atoms with Crippen LogP contribution in [0.5, 0.6) is 0 Å². The number of aliphatic carboxylic acids is 1. The van der Waals surface area contributed by atoms with Crippen LogP contribution >= 0.6 is 23.2 Å². The summed E-state index contributed by atoms with van der Waals surface area (Å²) in [6.45, 7) is 4.07. The van der Waals surface area contributed by atoms with Gasteiger partial charge in [-0.1, -0.05) is 29.3 Å². The van der Waals surface area contributed by atoms with Gasteiger partial charge in [-0.05, 0) is 38.0 Å². The molecule has 0 aliphatic rings. The first kappa shape index (κ1) is 17.8. The fraction of sp³-hybridized carbons (Fsp3) is 0.467. The highest BCUT2D eigenvalue weighted by atomic mass is 35.5. The standard InChI is InChI=1S/C15H19Cl2NO3/c1-3-18(10(2)8-15(20)21)14(19)7-5-11-4-6-12(16)9-13(11)17/h4,6,9-10H,3,5,7-8H2,1-2H3,(H,20,21). The number of hydrogen-bond donors (Lipinski definition) is 1. The third-order valence-corrected chi connectivity index (χ3v) is 3.87. The number of aryl methyl sites for hydroxylation is 1. The number of rotatable bonds is 7. The van der Waals surface area contributed by atoms with Gasteiger partial charge in [0, 0.05) is 29.1 Å². The normalized spacial score (nSPS) is 12.0. The molecule has 21 heavy (non-hydrogen) atoms. The first-order chi connectivity index (χ1) is 9.85. The molecule has 1 unspecified atom stereocenters. The van der Waals surface area contributed by atoms with E-state index < -0.39 is 5.97 Å². The topological polar surface area (TPSA) is 57.6 Å². The molecule has 0 saturated heterocycles. The lowest BCUT2D eigenvalue weighted by atomic mass is 10.1. The second kappa shape index (κ2) is 8.25. The van der Waals surface area contributed by atoms with Crippen molar-refractivity contribution in [3.8, 4) is 0 Å². The van der Waals surface area contributed by atoms with Gasteiger partial charge in [0.15, 0.2) is 0 Å². The SMILES string of the molecule is CCN(C(=O)CCc1ccc(Cl)cc1Cl)C(C)CC(=O)O. The molecule has 0 spiro atoms. The molecule has 0 saturated carbocycles. The van der Waals surface area contributed by atoms with Crippen molar-refractivity contribution in [1.29, 1.82) is 0 Å². The Kier molecular flexibility index (Phi) is 6.99. The minimum Gasteiger partial charge on any atom is -0.481 e. The van der Waals surface area contributed by atoms with Crippen LogP contribution in [-0.4, -0.2) is 34.5 Å². The van der Waals surface area contributed by atoms with Crippen LogP contribution in [0.25, 0.3) is 0 Å². The molecule has 1 atom stereocenters. The summed E-state index contributed by atoms with van der Waals surface area (Å²) < 4.78 is 0. The maximum Gasteiger partial charge on any atom is 0.305 e. The van der Waals surface area contributed by atoms with E-state index in [2.05, 4.69) is 0 Å². The van der Waals surface area contributed by atoms with Crippen molar-refractivity contribution in [1.82, 2.24) is 4.90 Å². The molecule has 0 heterocycles. The van der Waals surface area contributed by atoms with Gasteiger partial charge in [-0.2, -0.15) is 0 Å². The average Bonchev–Trinajstić information content (AvgIpc) is 2.37. The molecular formula is C15H19Cl2NO3. The van der Waals surface area contributed by atoms with Gasteiger partial charge >= 0.3 is 5.97 Å². The Morgan fingerprint density at radius 3 is 2.52 bits per heavy atom. The number of carbonyl (C=O) groups excluding carboxylic acids is 1. The molecule has 0 bridgehead atoms. The Hall–Kier alpha value is -1.26. The zero-order chi connectivity index (χ0) is 16.0. The molecule has 1 aromatic carbocycles. The van der Waals surface area contributed by atoms with Crippen molar-refractivity contribution in [3.63, 3.8) is 0 Å². The quantitative estimate of drug-likeness (QED) is 0.829. The van der Waals surface area contributed by atoms with Gasteiger partial charge in [0.25, 0.3) is 0 Å². The molecule has 1 rings (SSSR count). The number of halogens is 2. The Morgan fingerprint density at radius 1 is 1.33 bits per heavy atom. The van der Waals surface area contributed by atoms with E-state index in [-0.39, 0.29) is 18.4 Å². The van der Waals surface area contributed by atoms with Crippen LogP contribution in [0, 0.1) is 0 Å². The highest BCUT2D eigenvalue weighted by Gasteiger charge is 2.20. The molecule has 0 aliphatic carbocycles. The Balaban J connectivity index is 2.64. The summed E-state index contributed by atoms with van der Waals surface area (Å²) in [5.41, 5.74) is 0.858. The first-order valence-corrected chi connectivity index (χ1v) is 7.56. The van der Waals surface area contributed by atoms with E-state index in [9.17, 15) is 9.59 Å². The summed E-state index contributed by atoms with van der Waals surface area (Å²) in [5, 5.41) is 9.91. The highest BCUT2D eigenvalue weighted by molar-refractivity contribution is 6.35. The Labute approximate surface area is 134 Å². The van der Waals surface area contributed by atoms with Gasteiger partial charge < -0.3 is 10.0 Å². The summed E-state index contributed by atoms with van der Waals surface area (Å²) in [7, 11) is 0. The summed E-state index contributed by atoms with van der Waals surface area (Å²) in [6.07, 6.45) is 0.742. The molecule has 4 nitrogen and oxygen atoms in total. The highest BCUT2D eigenvalue weighted by Crippen LogP contribution is 2.22. The number of hydrogen-bond acceptors (Lipinski definition) is 2. The van der Waals surface area contributed by atoms with Gasteiger partial charge in [0.1, 0.15) is 0 Å². The van der Waals surface area contributed by atoms with E-state index in [4.69, 9.17) is 28.3 Å². The van der Waals surface area contributed by atoms with Crippen LogP contribution in [0.4, 0.5) is 0 Å². The summed E-state index contributed by atoms with van der Waals surface area (Å²) in [4.78, 5) is 24.5. The second-order valence-electron chi connectivity index (χ2n) is 4.86. The Bertz CT molecular complexity index is 520. The van der Waals surface area contributed by atoms with E-state index in [0.29, 0.717) is 29.4 Å². The van der Waals surface area contributed by atoms with Crippen molar-refractivity contribution >= 4 is 35.1 Å². The number of carboxylic acid groups (broad SMARTS) is 1. The first-order valence-electron chi connectivity index (χ1n) is 6.80. The second-order valence-corrected chi connectivity index (χ2v) is 5.71. The average molecular weight is 332 g/mol. The molecule has 0 radical (unpaired) electrons.